The molecule has 2 nitrogen and oxygen atoms in total. The van der Waals surface area contributed by atoms with Gasteiger partial charge in [0.15, 0.2) is 0 Å². The van der Waals surface area contributed by atoms with Crippen molar-refractivity contribution in [3.63, 3.8) is 0 Å². The van der Waals surface area contributed by atoms with Crippen LogP contribution in [0.5, 0.6) is 0 Å². The number of rotatable bonds is 6. The van der Waals surface area contributed by atoms with E-state index in [4.69, 9.17) is 5.73 Å². The van der Waals surface area contributed by atoms with E-state index in [2.05, 4.69) is 63.6 Å². The molecular weight excluding hydrogens is 340 g/mol. The minimum absolute atomic E-state index is 0.275. The summed E-state index contributed by atoms with van der Waals surface area (Å²) in [5, 5.41) is 4.25. The van der Waals surface area contributed by atoms with E-state index in [0.717, 1.165) is 6.54 Å². The summed E-state index contributed by atoms with van der Waals surface area (Å²) in [4.78, 5) is 5.19. The molecule has 19 heavy (non-hydrogen) atoms. The largest absolute Gasteiger partial charge is 0.329 e. The molecular formula is C14H19BrN2S2. The second kappa shape index (κ2) is 6.99. The van der Waals surface area contributed by atoms with Crippen molar-refractivity contribution in [2.45, 2.75) is 32.5 Å². The average molecular weight is 359 g/mol. The first kappa shape index (κ1) is 15.2. The van der Waals surface area contributed by atoms with Crippen molar-refractivity contribution in [2.24, 2.45) is 5.73 Å². The molecule has 2 rings (SSSR count). The first-order chi connectivity index (χ1) is 9.13. The summed E-state index contributed by atoms with van der Waals surface area (Å²) < 4.78 is 1.17. The highest BCUT2D eigenvalue weighted by molar-refractivity contribution is 9.10. The van der Waals surface area contributed by atoms with E-state index >= 15 is 0 Å². The Hall–Kier alpha value is -0.200. The smallest absolute Gasteiger partial charge is 0.0581 e. The van der Waals surface area contributed by atoms with Gasteiger partial charge in [-0.05, 0) is 52.7 Å². The van der Waals surface area contributed by atoms with Crippen molar-refractivity contribution in [3.05, 3.63) is 43.2 Å². The topological polar surface area (TPSA) is 29.3 Å². The maximum atomic E-state index is 6.05. The fourth-order valence-corrected chi connectivity index (χ4v) is 4.66. The van der Waals surface area contributed by atoms with Crippen molar-refractivity contribution >= 4 is 38.6 Å². The zero-order valence-corrected chi connectivity index (χ0v) is 14.4. The Morgan fingerprint density at radius 3 is 2.53 bits per heavy atom. The van der Waals surface area contributed by atoms with Crippen molar-refractivity contribution in [1.82, 2.24) is 4.90 Å². The van der Waals surface area contributed by atoms with Crippen molar-refractivity contribution in [2.75, 3.05) is 6.54 Å². The minimum Gasteiger partial charge on any atom is -0.329 e. The summed E-state index contributed by atoms with van der Waals surface area (Å²) in [6, 6.07) is 7.14. The molecule has 2 aromatic rings. The average Bonchev–Trinajstić information content (AvgIpc) is 3.01. The molecule has 0 saturated heterocycles. The van der Waals surface area contributed by atoms with Gasteiger partial charge in [0.05, 0.1) is 6.04 Å². The maximum Gasteiger partial charge on any atom is 0.0581 e. The van der Waals surface area contributed by atoms with Gasteiger partial charge in [-0.1, -0.05) is 6.07 Å². The molecule has 104 valence electrons. The van der Waals surface area contributed by atoms with Crippen molar-refractivity contribution < 1.29 is 0 Å². The second-order valence-corrected chi connectivity index (χ2v) is 7.56. The Balaban J connectivity index is 2.23. The van der Waals surface area contributed by atoms with Crippen LogP contribution in [0.15, 0.2) is 33.4 Å². The van der Waals surface area contributed by atoms with Gasteiger partial charge in [0.25, 0.3) is 0 Å². The molecule has 1 atom stereocenters. The van der Waals surface area contributed by atoms with Crippen LogP contribution < -0.4 is 5.73 Å². The molecule has 0 radical (unpaired) electrons. The zero-order valence-electron chi connectivity index (χ0n) is 11.2. The molecule has 0 bridgehead atoms. The maximum absolute atomic E-state index is 6.05. The van der Waals surface area contributed by atoms with Crippen LogP contribution in [0.25, 0.3) is 0 Å². The molecule has 0 aromatic carbocycles. The molecule has 2 aromatic heterocycles. The first-order valence-corrected chi connectivity index (χ1v) is 8.89. The van der Waals surface area contributed by atoms with E-state index in [-0.39, 0.29) is 6.04 Å². The Kier molecular flexibility index (Phi) is 5.59. The van der Waals surface area contributed by atoms with Crippen LogP contribution in [-0.2, 0) is 6.54 Å². The van der Waals surface area contributed by atoms with Crippen LogP contribution in [0.1, 0.15) is 29.6 Å². The molecule has 1 unspecified atom stereocenters. The van der Waals surface area contributed by atoms with E-state index in [1.54, 1.807) is 11.3 Å². The Morgan fingerprint density at radius 2 is 2.05 bits per heavy atom. The number of thiophene rings is 2. The second-order valence-electron chi connectivity index (χ2n) is 4.73. The van der Waals surface area contributed by atoms with Crippen LogP contribution in [-0.4, -0.2) is 17.5 Å². The molecule has 5 heteroatoms. The molecule has 0 aliphatic rings. The fourth-order valence-electron chi connectivity index (χ4n) is 2.17. The number of hydrogen-bond donors (Lipinski definition) is 1. The highest BCUT2D eigenvalue weighted by Crippen LogP contribution is 2.34. The standard InChI is InChI=1S/C14H19BrN2S2/c1-10(2)17(9-11-4-3-6-18-11)13(8-16)14-12(15)5-7-19-14/h3-7,10,13H,8-9,16H2,1-2H3. The minimum atomic E-state index is 0.275. The van der Waals surface area contributed by atoms with E-state index in [1.807, 2.05) is 11.3 Å². The van der Waals surface area contributed by atoms with Gasteiger partial charge in [0.2, 0.25) is 0 Å². The third-order valence-corrected chi connectivity index (χ3v) is 5.99. The highest BCUT2D eigenvalue weighted by Gasteiger charge is 2.24. The van der Waals surface area contributed by atoms with Crippen molar-refractivity contribution in [3.8, 4) is 0 Å². The SMILES string of the molecule is CC(C)N(Cc1cccs1)C(CN)c1sccc1Br. The summed E-state index contributed by atoms with van der Waals surface area (Å²) in [7, 11) is 0. The third kappa shape index (κ3) is 3.67. The number of hydrogen-bond acceptors (Lipinski definition) is 4. The van der Waals surface area contributed by atoms with Crippen LogP contribution in [0, 0.1) is 0 Å². The summed E-state index contributed by atoms with van der Waals surface area (Å²) in [5.74, 6) is 0. The highest BCUT2D eigenvalue weighted by atomic mass is 79.9. The normalized spacial score (nSPS) is 13.4. The first-order valence-electron chi connectivity index (χ1n) is 6.34. The Bertz CT molecular complexity index is 493. The molecule has 0 aliphatic carbocycles. The van der Waals surface area contributed by atoms with Gasteiger partial charge in [0, 0.05) is 33.4 Å². The lowest BCUT2D eigenvalue weighted by molar-refractivity contribution is 0.151. The van der Waals surface area contributed by atoms with E-state index in [9.17, 15) is 0 Å². The lowest BCUT2D eigenvalue weighted by Gasteiger charge is -2.33. The summed E-state index contributed by atoms with van der Waals surface area (Å²) in [5.41, 5.74) is 6.05. The molecule has 0 aliphatic heterocycles. The summed E-state index contributed by atoms with van der Waals surface area (Å²) in [6.45, 7) is 6.07. The number of nitrogens with zero attached hydrogens (tertiary/aromatic N) is 1. The molecule has 0 fully saturated rings. The number of halogens is 1. The molecule has 2 heterocycles. The van der Waals surface area contributed by atoms with Crippen LogP contribution in [0.4, 0.5) is 0 Å². The zero-order chi connectivity index (χ0) is 13.8. The fraction of sp³-hybridized carbons (Fsp3) is 0.429. The van der Waals surface area contributed by atoms with E-state index in [0.29, 0.717) is 12.6 Å². The summed E-state index contributed by atoms with van der Waals surface area (Å²) >= 11 is 7.22. The molecule has 0 amide bonds. The van der Waals surface area contributed by atoms with Crippen LogP contribution in [0.3, 0.4) is 0 Å². The van der Waals surface area contributed by atoms with Gasteiger partial charge in [0.1, 0.15) is 0 Å². The Morgan fingerprint density at radius 1 is 1.26 bits per heavy atom. The predicted octanol–water partition coefficient (Wildman–Crippen LogP) is 4.48. The number of nitrogens with two attached hydrogens (primary N) is 1. The van der Waals surface area contributed by atoms with Gasteiger partial charge in [-0.25, -0.2) is 0 Å². The Labute approximate surface area is 131 Å². The molecule has 0 spiro atoms. The summed E-state index contributed by atoms with van der Waals surface area (Å²) in [6.07, 6.45) is 0. The monoisotopic (exact) mass is 358 g/mol. The van der Waals surface area contributed by atoms with Gasteiger partial charge in [-0.2, -0.15) is 0 Å². The third-order valence-electron chi connectivity index (χ3n) is 3.15. The van der Waals surface area contributed by atoms with Crippen LogP contribution >= 0.6 is 38.6 Å². The van der Waals surface area contributed by atoms with Gasteiger partial charge < -0.3 is 5.73 Å². The molecule has 0 saturated carbocycles. The van der Waals surface area contributed by atoms with E-state index < -0.39 is 0 Å². The molecule has 2 N–H and O–H groups in total. The van der Waals surface area contributed by atoms with Crippen LogP contribution in [0.2, 0.25) is 0 Å². The van der Waals surface area contributed by atoms with E-state index in [1.165, 1.54) is 14.2 Å². The predicted molar refractivity (Wildman–Crippen MR) is 88.8 cm³/mol. The van der Waals surface area contributed by atoms with Gasteiger partial charge >= 0.3 is 0 Å². The quantitative estimate of drug-likeness (QED) is 0.824. The lowest BCUT2D eigenvalue weighted by atomic mass is 10.1. The van der Waals surface area contributed by atoms with Gasteiger partial charge in [-0.3, -0.25) is 4.90 Å². The lowest BCUT2D eigenvalue weighted by Crippen LogP contribution is -2.37. The van der Waals surface area contributed by atoms with Crippen molar-refractivity contribution in [1.29, 1.82) is 0 Å². The van der Waals surface area contributed by atoms with Gasteiger partial charge in [-0.15, -0.1) is 22.7 Å².